The summed E-state index contributed by atoms with van der Waals surface area (Å²) in [5.74, 6) is -3.55. The molecule has 27 heavy (non-hydrogen) atoms. The van der Waals surface area contributed by atoms with Crippen molar-refractivity contribution in [2.75, 3.05) is 13.7 Å². The summed E-state index contributed by atoms with van der Waals surface area (Å²) in [6, 6.07) is -3.09. The lowest BCUT2D eigenvalue weighted by atomic mass is 9.81. The minimum absolute atomic E-state index is 0.619. The molecule has 0 aromatic heterocycles. The van der Waals surface area contributed by atoms with Gasteiger partial charge < -0.3 is 19.5 Å². The summed E-state index contributed by atoms with van der Waals surface area (Å²) in [4.78, 5) is 26.0. The van der Waals surface area contributed by atoms with Gasteiger partial charge in [0, 0.05) is 18.4 Å². The molecule has 1 amide bonds. The zero-order valence-corrected chi connectivity index (χ0v) is 16.7. The average molecular weight is 394 g/mol. The van der Waals surface area contributed by atoms with Gasteiger partial charge in [-0.2, -0.15) is 0 Å². The number of likely N-dealkylation sites (N-methyl/N-ethyl adjacent to an activating group) is 1. The van der Waals surface area contributed by atoms with Gasteiger partial charge in [0.15, 0.2) is 0 Å². The molecule has 11 heteroatoms. The van der Waals surface area contributed by atoms with Gasteiger partial charge in [-0.25, -0.2) is 18.4 Å². The summed E-state index contributed by atoms with van der Waals surface area (Å²) >= 11 is 0. The van der Waals surface area contributed by atoms with Crippen LogP contribution in [-0.2, 0) is 9.47 Å². The van der Waals surface area contributed by atoms with Gasteiger partial charge in [-0.05, 0) is 31.7 Å². The van der Waals surface area contributed by atoms with Crippen molar-refractivity contribution in [3.63, 3.8) is 0 Å². The topological polar surface area (TPSA) is 125 Å². The summed E-state index contributed by atoms with van der Waals surface area (Å²) in [6.07, 6.45) is -3.57. The molecule has 0 heterocycles. The summed E-state index contributed by atoms with van der Waals surface area (Å²) in [6.45, 7) is 8.58. The molecule has 2 unspecified atom stereocenters. The number of halogens is 2. The highest BCUT2D eigenvalue weighted by atomic mass is 19.3. The van der Waals surface area contributed by atoms with Crippen LogP contribution >= 0.6 is 0 Å². The Balaban J connectivity index is 5.44. The van der Waals surface area contributed by atoms with Gasteiger partial charge in [-0.3, -0.25) is 0 Å². The molecule has 0 fully saturated rings. The van der Waals surface area contributed by atoms with Crippen LogP contribution in [0.4, 0.5) is 18.4 Å². The molecule has 2 atom stereocenters. The van der Waals surface area contributed by atoms with E-state index in [1.54, 1.807) is 20.8 Å². The van der Waals surface area contributed by atoms with Crippen LogP contribution in [-0.4, -0.2) is 59.5 Å². The average Bonchev–Trinajstić information content (AvgIpc) is 2.44. The first-order valence-electron chi connectivity index (χ1n) is 8.25. The largest absolute Gasteiger partial charge is 0.508 e. The highest BCUT2D eigenvalue weighted by Crippen LogP contribution is 2.38. The number of carboxylic acid groups (broad SMARTS) is 1. The van der Waals surface area contributed by atoms with Crippen molar-refractivity contribution in [3.05, 3.63) is 10.4 Å². The number of amides is 1. The molecule has 1 N–H and O–H groups in total. The Bertz CT molecular complexity index is 580. The maximum absolute atomic E-state index is 14.8. The van der Waals surface area contributed by atoms with Gasteiger partial charge in [0.05, 0.1) is 6.04 Å². The van der Waals surface area contributed by atoms with Crippen molar-refractivity contribution in [3.8, 4) is 0 Å². The van der Waals surface area contributed by atoms with Crippen LogP contribution in [0.1, 0.15) is 48.0 Å². The van der Waals surface area contributed by atoms with Gasteiger partial charge in [-0.1, -0.05) is 25.9 Å². The molecule has 0 aliphatic rings. The second-order valence-electron chi connectivity index (χ2n) is 8.26. The number of nitrogens with zero attached hydrogens (tertiary/aromatic N) is 4. The van der Waals surface area contributed by atoms with Crippen LogP contribution in [0.5, 0.6) is 0 Å². The summed E-state index contributed by atoms with van der Waals surface area (Å²) in [5, 5.41) is 12.3. The Morgan fingerprint density at radius 1 is 1.22 bits per heavy atom. The molecule has 0 radical (unpaired) electrons. The van der Waals surface area contributed by atoms with Gasteiger partial charge in [0.25, 0.3) is 5.92 Å². The van der Waals surface area contributed by atoms with E-state index in [-0.39, 0.29) is 0 Å². The number of rotatable bonds is 7. The molecule has 0 bridgehead atoms. The third kappa shape index (κ3) is 8.76. The van der Waals surface area contributed by atoms with E-state index in [1.165, 1.54) is 20.8 Å². The molecule has 9 nitrogen and oxygen atoms in total. The SMILES string of the molecule is CN(C(=O)O)C(COC(=O)OC(C)(C)C)CC(F)(F)C(N=[N+]=[N-])C(C)(C)C. The van der Waals surface area contributed by atoms with Crippen molar-refractivity contribution in [1.29, 1.82) is 0 Å². The van der Waals surface area contributed by atoms with Crippen LogP contribution in [0.2, 0.25) is 0 Å². The molecule has 0 rings (SSSR count). The lowest BCUT2D eigenvalue weighted by molar-refractivity contribution is -0.0860. The van der Waals surface area contributed by atoms with Gasteiger partial charge in [0.1, 0.15) is 18.2 Å². The molecule has 0 spiro atoms. The van der Waals surface area contributed by atoms with E-state index in [2.05, 4.69) is 10.0 Å². The number of carbonyl (C=O) groups excluding carboxylic acids is 1. The Kier molecular flexibility index (Phi) is 8.30. The molecule has 0 aromatic rings. The molecular formula is C16H28F2N4O5. The van der Waals surface area contributed by atoms with E-state index >= 15 is 0 Å². The molecule has 0 aliphatic carbocycles. The van der Waals surface area contributed by atoms with Crippen molar-refractivity contribution in [2.24, 2.45) is 10.5 Å². The number of azide groups is 1. The van der Waals surface area contributed by atoms with E-state index in [1.807, 2.05) is 0 Å². The number of hydrogen-bond donors (Lipinski definition) is 1. The number of alkyl halides is 2. The molecule has 0 aromatic carbocycles. The maximum atomic E-state index is 14.8. The van der Waals surface area contributed by atoms with Gasteiger partial charge >= 0.3 is 12.2 Å². The van der Waals surface area contributed by atoms with E-state index in [4.69, 9.17) is 20.1 Å². The summed E-state index contributed by atoms with van der Waals surface area (Å²) < 4.78 is 39.3. The van der Waals surface area contributed by atoms with E-state index in [0.29, 0.717) is 4.90 Å². The third-order valence-electron chi connectivity index (χ3n) is 3.53. The Hall–Kier alpha value is -2.29. The highest BCUT2D eigenvalue weighted by molar-refractivity contribution is 5.65. The fourth-order valence-electron chi connectivity index (χ4n) is 2.28. The van der Waals surface area contributed by atoms with E-state index < -0.39 is 54.3 Å². The zero-order valence-electron chi connectivity index (χ0n) is 16.7. The molecule has 0 saturated heterocycles. The number of ether oxygens (including phenoxy) is 2. The smallest absolute Gasteiger partial charge is 0.465 e. The normalized spacial score (nSPS) is 14.6. The van der Waals surface area contributed by atoms with Crippen molar-refractivity contribution < 1.29 is 33.0 Å². The predicted octanol–water partition coefficient (Wildman–Crippen LogP) is 4.67. The predicted molar refractivity (Wildman–Crippen MR) is 93.7 cm³/mol. The third-order valence-corrected chi connectivity index (χ3v) is 3.53. The maximum Gasteiger partial charge on any atom is 0.508 e. The second-order valence-corrected chi connectivity index (χ2v) is 8.26. The quantitative estimate of drug-likeness (QED) is 0.291. The number of carbonyl (C=O) groups is 2. The van der Waals surface area contributed by atoms with Crippen LogP contribution < -0.4 is 0 Å². The monoisotopic (exact) mass is 394 g/mol. The van der Waals surface area contributed by atoms with Gasteiger partial charge in [-0.15, -0.1) is 0 Å². The highest BCUT2D eigenvalue weighted by Gasteiger charge is 2.48. The Morgan fingerprint density at radius 3 is 2.11 bits per heavy atom. The first-order valence-corrected chi connectivity index (χ1v) is 8.25. The molecule has 156 valence electrons. The fourth-order valence-corrected chi connectivity index (χ4v) is 2.28. The van der Waals surface area contributed by atoms with Crippen molar-refractivity contribution in [2.45, 2.75) is 71.6 Å². The van der Waals surface area contributed by atoms with Crippen LogP contribution in [0.25, 0.3) is 10.4 Å². The summed E-state index contributed by atoms with van der Waals surface area (Å²) in [5.41, 5.74) is 6.69. The minimum Gasteiger partial charge on any atom is -0.465 e. The Morgan fingerprint density at radius 2 is 1.74 bits per heavy atom. The molecule has 0 aliphatic heterocycles. The first-order chi connectivity index (χ1) is 12.0. The van der Waals surface area contributed by atoms with Crippen LogP contribution in [0.15, 0.2) is 5.11 Å². The standard InChI is InChI=1S/C16H28F2N4O5/c1-14(2,3)11(20-21-19)16(17,18)8-10(22(7)12(23)24)9-26-13(25)27-15(4,5)6/h10-11H,8-9H2,1-7H3,(H,23,24). The summed E-state index contributed by atoms with van der Waals surface area (Å²) in [7, 11) is 1.08. The van der Waals surface area contributed by atoms with Crippen molar-refractivity contribution in [1.82, 2.24) is 4.90 Å². The Labute approximate surface area is 157 Å². The number of hydrogen-bond acceptors (Lipinski definition) is 5. The lowest BCUT2D eigenvalue weighted by Gasteiger charge is -2.36. The van der Waals surface area contributed by atoms with Gasteiger partial charge in [0.2, 0.25) is 0 Å². The fraction of sp³-hybridized carbons (Fsp3) is 0.875. The minimum atomic E-state index is -3.55. The molecule has 0 saturated carbocycles. The van der Waals surface area contributed by atoms with E-state index in [9.17, 15) is 18.4 Å². The second kappa shape index (κ2) is 9.07. The van der Waals surface area contributed by atoms with E-state index in [0.717, 1.165) is 7.05 Å². The van der Waals surface area contributed by atoms with Crippen LogP contribution in [0, 0.1) is 5.41 Å². The molecular weight excluding hydrogens is 366 g/mol. The zero-order chi connectivity index (χ0) is 21.6. The van der Waals surface area contributed by atoms with Crippen molar-refractivity contribution >= 4 is 12.2 Å². The lowest BCUT2D eigenvalue weighted by Crippen LogP contribution is -2.49. The van der Waals surface area contributed by atoms with Crippen LogP contribution in [0.3, 0.4) is 0 Å². The first kappa shape index (κ1) is 24.7.